The zero-order valence-electron chi connectivity index (χ0n) is 9.73. The van der Waals surface area contributed by atoms with Crippen LogP contribution in [0.4, 0.5) is 0 Å². The molecule has 0 aromatic carbocycles. The number of hydrogen-bond acceptors (Lipinski definition) is 3. The molecule has 1 aromatic heterocycles. The summed E-state index contributed by atoms with van der Waals surface area (Å²) in [6, 6.07) is 1.88. The quantitative estimate of drug-likeness (QED) is 0.717. The van der Waals surface area contributed by atoms with Gasteiger partial charge in [0.1, 0.15) is 0 Å². The van der Waals surface area contributed by atoms with Crippen molar-refractivity contribution in [3.05, 3.63) is 18.5 Å². The summed E-state index contributed by atoms with van der Waals surface area (Å²) in [5.41, 5.74) is -0.0276. The van der Waals surface area contributed by atoms with Crippen molar-refractivity contribution in [3.8, 4) is 0 Å². The van der Waals surface area contributed by atoms with E-state index in [2.05, 4.69) is 25.9 Å². The van der Waals surface area contributed by atoms with Gasteiger partial charge in [0.25, 0.3) is 0 Å². The number of nitrogens with zero attached hydrogens (tertiary/aromatic N) is 2. The molecule has 84 valence electrons. The van der Waals surface area contributed by atoms with E-state index in [9.17, 15) is 4.79 Å². The van der Waals surface area contributed by atoms with E-state index in [-0.39, 0.29) is 17.4 Å². The Hall–Kier alpha value is -1.32. The highest BCUT2D eigenvalue weighted by molar-refractivity contribution is 5.69. The molecule has 1 aromatic rings. The van der Waals surface area contributed by atoms with Crippen LogP contribution in [-0.4, -0.2) is 22.9 Å². The second-order valence-electron chi connectivity index (χ2n) is 4.65. The number of carbonyl (C=O) groups is 1. The minimum absolute atomic E-state index is 0.0276. The number of esters is 1. The molecule has 0 N–H and O–H groups in total. The van der Waals surface area contributed by atoms with Gasteiger partial charge < -0.3 is 4.74 Å². The van der Waals surface area contributed by atoms with Crippen molar-refractivity contribution in [1.29, 1.82) is 0 Å². The highest BCUT2D eigenvalue weighted by Crippen LogP contribution is 2.32. The van der Waals surface area contributed by atoms with Crippen molar-refractivity contribution in [3.63, 3.8) is 0 Å². The van der Waals surface area contributed by atoms with Crippen LogP contribution < -0.4 is 0 Å². The highest BCUT2D eigenvalue weighted by atomic mass is 16.5. The number of ether oxygens (including phenoxy) is 1. The maximum atomic E-state index is 11.3. The number of methoxy groups -OCH3 is 1. The molecule has 0 fully saturated rings. The van der Waals surface area contributed by atoms with Crippen LogP contribution in [0.2, 0.25) is 0 Å². The molecule has 0 aliphatic rings. The summed E-state index contributed by atoms with van der Waals surface area (Å²) in [6.07, 6.45) is 3.94. The Morgan fingerprint density at radius 2 is 2.20 bits per heavy atom. The van der Waals surface area contributed by atoms with Gasteiger partial charge in [0.15, 0.2) is 0 Å². The Bertz CT molecular complexity index is 312. The van der Waals surface area contributed by atoms with Crippen molar-refractivity contribution in [1.82, 2.24) is 9.78 Å². The molecule has 0 radical (unpaired) electrons. The summed E-state index contributed by atoms with van der Waals surface area (Å²) in [5.74, 6) is -0.203. The Morgan fingerprint density at radius 1 is 1.53 bits per heavy atom. The fourth-order valence-corrected chi connectivity index (χ4v) is 1.50. The standard InChI is InChI=1S/C11H18N2O2/c1-11(2,3)9(8-10(14)15-4)13-7-5-6-12-13/h5-7,9H,8H2,1-4H3. The summed E-state index contributed by atoms with van der Waals surface area (Å²) < 4.78 is 6.51. The number of aromatic nitrogens is 2. The maximum absolute atomic E-state index is 11.3. The molecule has 0 saturated heterocycles. The van der Waals surface area contributed by atoms with Gasteiger partial charge in [-0.05, 0) is 11.5 Å². The van der Waals surface area contributed by atoms with Crippen LogP contribution in [0.5, 0.6) is 0 Å². The van der Waals surface area contributed by atoms with Gasteiger partial charge in [-0.1, -0.05) is 20.8 Å². The van der Waals surface area contributed by atoms with Crippen molar-refractivity contribution >= 4 is 5.97 Å². The highest BCUT2D eigenvalue weighted by Gasteiger charge is 2.29. The van der Waals surface area contributed by atoms with Gasteiger partial charge >= 0.3 is 5.97 Å². The molecular formula is C11H18N2O2. The third-order valence-corrected chi connectivity index (χ3v) is 2.43. The van der Waals surface area contributed by atoms with Crippen molar-refractivity contribution in [2.45, 2.75) is 33.2 Å². The van der Waals surface area contributed by atoms with E-state index in [1.54, 1.807) is 6.20 Å². The van der Waals surface area contributed by atoms with Crippen molar-refractivity contribution < 1.29 is 9.53 Å². The smallest absolute Gasteiger partial charge is 0.307 e. The molecule has 0 aliphatic heterocycles. The zero-order valence-corrected chi connectivity index (χ0v) is 9.73. The van der Waals surface area contributed by atoms with E-state index in [0.717, 1.165) is 0 Å². The Balaban J connectivity index is 2.85. The maximum Gasteiger partial charge on any atom is 0.307 e. The Labute approximate surface area is 90.2 Å². The summed E-state index contributed by atoms with van der Waals surface area (Å²) >= 11 is 0. The molecule has 0 aliphatic carbocycles. The minimum atomic E-state index is -0.203. The molecule has 1 unspecified atom stereocenters. The second kappa shape index (κ2) is 4.47. The molecule has 1 atom stereocenters. The van der Waals surface area contributed by atoms with E-state index in [1.807, 2.05) is 16.9 Å². The first-order valence-electron chi connectivity index (χ1n) is 5.01. The summed E-state index contributed by atoms with van der Waals surface area (Å²) in [7, 11) is 1.41. The topological polar surface area (TPSA) is 44.1 Å². The van der Waals surface area contributed by atoms with Gasteiger partial charge in [0.2, 0.25) is 0 Å². The number of rotatable bonds is 3. The molecule has 1 heterocycles. The summed E-state index contributed by atoms with van der Waals surface area (Å²) in [5, 5.41) is 4.18. The average molecular weight is 210 g/mol. The predicted octanol–water partition coefficient (Wildman–Crippen LogP) is 2.03. The Kier molecular flexibility index (Phi) is 3.50. The zero-order chi connectivity index (χ0) is 11.5. The lowest BCUT2D eigenvalue weighted by molar-refractivity contribution is -0.142. The minimum Gasteiger partial charge on any atom is -0.469 e. The van der Waals surface area contributed by atoms with Gasteiger partial charge in [-0.2, -0.15) is 5.10 Å². The fourth-order valence-electron chi connectivity index (χ4n) is 1.50. The van der Waals surface area contributed by atoms with E-state index in [4.69, 9.17) is 4.74 Å². The molecule has 0 bridgehead atoms. The first kappa shape index (κ1) is 11.8. The molecule has 4 nitrogen and oxygen atoms in total. The lowest BCUT2D eigenvalue weighted by Crippen LogP contribution is -2.27. The fraction of sp³-hybridized carbons (Fsp3) is 0.636. The molecule has 0 amide bonds. The lowest BCUT2D eigenvalue weighted by Gasteiger charge is -2.30. The largest absolute Gasteiger partial charge is 0.469 e. The van der Waals surface area contributed by atoms with E-state index in [1.165, 1.54) is 7.11 Å². The average Bonchev–Trinajstić information content (AvgIpc) is 2.64. The molecule has 1 rings (SSSR count). The van der Waals surface area contributed by atoms with Gasteiger partial charge in [-0.25, -0.2) is 0 Å². The van der Waals surface area contributed by atoms with E-state index >= 15 is 0 Å². The van der Waals surface area contributed by atoms with Crippen molar-refractivity contribution in [2.75, 3.05) is 7.11 Å². The second-order valence-corrected chi connectivity index (χ2v) is 4.65. The number of carbonyl (C=O) groups excluding carboxylic acids is 1. The molecular weight excluding hydrogens is 192 g/mol. The monoisotopic (exact) mass is 210 g/mol. The van der Waals surface area contributed by atoms with Gasteiger partial charge in [0, 0.05) is 12.4 Å². The first-order valence-corrected chi connectivity index (χ1v) is 5.01. The Morgan fingerprint density at radius 3 is 2.60 bits per heavy atom. The van der Waals surface area contributed by atoms with Gasteiger partial charge in [0.05, 0.1) is 19.6 Å². The van der Waals surface area contributed by atoms with Crippen LogP contribution in [0.15, 0.2) is 18.5 Å². The van der Waals surface area contributed by atoms with Crippen LogP contribution in [0.3, 0.4) is 0 Å². The van der Waals surface area contributed by atoms with Gasteiger partial charge in [-0.3, -0.25) is 9.48 Å². The van der Waals surface area contributed by atoms with E-state index in [0.29, 0.717) is 6.42 Å². The van der Waals surface area contributed by atoms with Crippen LogP contribution in [-0.2, 0) is 9.53 Å². The SMILES string of the molecule is COC(=O)CC(n1cccn1)C(C)(C)C. The molecule has 4 heteroatoms. The van der Waals surface area contributed by atoms with Crippen molar-refractivity contribution in [2.24, 2.45) is 5.41 Å². The molecule has 0 saturated carbocycles. The lowest BCUT2D eigenvalue weighted by atomic mass is 9.85. The molecule has 0 spiro atoms. The van der Waals surface area contributed by atoms with Crippen LogP contribution in [0.25, 0.3) is 0 Å². The van der Waals surface area contributed by atoms with E-state index < -0.39 is 0 Å². The first-order chi connectivity index (χ1) is 6.95. The normalized spacial score (nSPS) is 13.6. The third-order valence-electron chi connectivity index (χ3n) is 2.43. The number of hydrogen-bond donors (Lipinski definition) is 0. The summed E-state index contributed by atoms with van der Waals surface area (Å²) in [4.78, 5) is 11.3. The van der Waals surface area contributed by atoms with Crippen LogP contribution in [0, 0.1) is 5.41 Å². The predicted molar refractivity (Wildman–Crippen MR) is 57.4 cm³/mol. The van der Waals surface area contributed by atoms with Crippen LogP contribution in [0.1, 0.15) is 33.2 Å². The summed E-state index contributed by atoms with van der Waals surface area (Å²) in [6.45, 7) is 6.26. The van der Waals surface area contributed by atoms with Gasteiger partial charge in [-0.15, -0.1) is 0 Å². The van der Waals surface area contributed by atoms with Crippen LogP contribution >= 0.6 is 0 Å². The molecule has 15 heavy (non-hydrogen) atoms. The third kappa shape index (κ3) is 3.08.